The molecule has 1 saturated carbocycles. The third kappa shape index (κ3) is 4.07. The SMILES string of the molecule is CCOc1ccc2cc(C3=CC(C(C)NC)C(=N)C=C3)c(=O)n(-c3ccc(C4CC4)nc3)c2n1. The summed E-state index contributed by atoms with van der Waals surface area (Å²) in [4.78, 5) is 23.2. The summed E-state index contributed by atoms with van der Waals surface area (Å²) in [5, 5.41) is 12.4. The lowest BCUT2D eigenvalue weighted by molar-refractivity contribution is 0.328. The first-order valence-corrected chi connectivity index (χ1v) is 11.8. The minimum Gasteiger partial charge on any atom is -0.478 e. The molecule has 3 aromatic rings. The zero-order chi connectivity index (χ0) is 23.8. The number of rotatable bonds is 7. The molecule has 1 fully saturated rings. The molecule has 3 heterocycles. The Hall–Kier alpha value is -3.58. The summed E-state index contributed by atoms with van der Waals surface area (Å²) in [7, 11) is 1.88. The standard InChI is InChI=1S/C27H29N5O2/c1-4-34-25-12-8-19-14-22(18-7-10-23(28)21(13-18)16(2)29-3)27(33)32(26(19)31-25)20-9-11-24(30-15-20)17-5-6-17/h7-17,21,28-29H,4-6H2,1-3H3. The van der Waals surface area contributed by atoms with Crippen molar-refractivity contribution in [1.29, 1.82) is 5.41 Å². The molecule has 0 amide bonds. The maximum atomic E-state index is 13.9. The van der Waals surface area contributed by atoms with Crippen molar-refractivity contribution >= 4 is 22.3 Å². The number of hydrogen-bond donors (Lipinski definition) is 2. The molecule has 0 spiro atoms. The van der Waals surface area contributed by atoms with Gasteiger partial charge in [-0.05, 0) is 69.7 Å². The Morgan fingerprint density at radius 3 is 2.74 bits per heavy atom. The number of fused-ring (bicyclic) bond motifs is 1. The Labute approximate surface area is 198 Å². The predicted molar refractivity (Wildman–Crippen MR) is 135 cm³/mol. The van der Waals surface area contributed by atoms with Crippen molar-refractivity contribution in [3.8, 4) is 11.6 Å². The van der Waals surface area contributed by atoms with Crippen LogP contribution < -0.4 is 15.6 Å². The van der Waals surface area contributed by atoms with Crippen molar-refractivity contribution < 1.29 is 4.74 Å². The summed E-state index contributed by atoms with van der Waals surface area (Å²) in [6.07, 6.45) is 9.75. The molecule has 2 atom stereocenters. The molecule has 0 radical (unpaired) electrons. The minimum absolute atomic E-state index is 0.0738. The van der Waals surface area contributed by atoms with Crippen LogP contribution >= 0.6 is 0 Å². The zero-order valence-corrected chi connectivity index (χ0v) is 19.7. The van der Waals surface area contributed by atoms with Crippen LogP contribution in [0.4, 0.5) is 0 Å². The van der Waals surface area contributed by atoms with Crippen molar-refractivity contribution in [3.05, 3.63) is 76.4 Å². The van der Waals surface area contributed by atoms with Gasteiger partial charge in [0.05, 0.1) is 18.5 Å². The van der Waals surface area contributed by atoms with Gasteiger partial charge in [-0.15, -0.1) is 0 Å². The van der Waals surface area contributed by atoms with Gasteiger partial charge in [0, 0.05) is 46.3 Å². The van der Waals surface area contributed by atoms with Crippen LogP contribution in [0.15, 0.2) is 59.6 Å². The van der Waals surface area contributed by atoms with Gasteiger partial charge in [0.2, 0.25) is 5.88 Å². The summed E-state index contributed by atoms with van der Waals surface area (Å²) >= 11 is 0. The van der Waals surface area contributed by atoms with E-state index in [1.165, 1.54) is 12.8 Å². The molecule has 7 heteroatoms. The zero-order valence-electron chi connectivity index (χ0n) is 19.7. The Bertz CT molecular complexity index is 1370. The Morgan fingerprint density at radius 1 is 1.24 bits per heavy atom. The highest BCUT2D eigenvalue weighted by atomic mass is 16.5. The molecule has 2 aliphatic rings. The van der Waals surface area contributed by atoms with Crippen LogP contribution in [-0.4, -0.2) is 39.9 Å². The van der Waals surface area contributed by atoms with Crippen molar-refractivity contribution in [3.63, 3.8) is 0 Å². The van der Waals surface area contributed by atoms with Crippen LogP contribution in [-0.2, 0) is 0 Å². The van der Waals surface area contributed by atoms with Gasteiger partial charge in [-0.1, -0.05) is 12.2 Å². The van der Waals surface area contributed by atoms with E-state index in [4.69, 9.17) is 10.1 Å². The number of hydrogen-bond acceptors (Lipinski definition) is 6. The fraction of sp³-hybridized carbons (Fsp3) is 0.333. The minimum atomic E-state index is -0.171. The predicted octanol–water partition coefficient (Wildman–Crippen LogP) is 4.25. The molecule has 0 aromatic carbocycles. The largest absolute Gasteiger partial charge is 0.478 e. The number of aromatic nitrogens is 3. The van der Waals surface area contributed by atoms with E-state index in [-0.39, 0.29) is 17.5 Å². The van der Waals surface area contributed by atoms with E-state index < -0.39 is 0 Å². The second-order valence-electron chi connectivity index (χ2n) is 8.92. The lowest BCUT2D eigenvalue weighted by Gasteiger charge is -2.24. The van der Waals surface area contributed by atoms with Crippen LogP contribution in [0.3, 0.4) is 0 Å². The van der Waals surface area contributed by atoms with Gasteiger partial charge in [-0.2, -0.15) is 4.98 Å². The van der Waals surface area contributed by atoms with E-state index in [9.17, 15) is 4.79 Å². The quantitative estimate of drug-likeness (QED) is 0.556. The molecule has 0 saturated heterocycles. The van der Waals surface area contributed by atoms with Crippen LogP contribution in [0.5, 0.6) is 5.88 Å². The van der Waals surface area contributed by atoms with Gasteiger partial charge in [0.25, 0.3) is 5.56 Å². The first-order valence-electron chi connectivity index (χ1n) is 11.8. The Kier molecular flexibility index (Phi) is 5.87. The normalized spacial score (nSPS) is 18.7. The van der Waals surface area contributed by atoms with Crippen molar-refractivity contribution in [2.45, 2.75) is 38.6 Å². The van der Waals surface area contributed by atoms with Crippen molar-refractivity contribution in [2.24, 2.45) is 5.92 Å². The van der Waals surface area contributed by atoms with Crippen molar-refractivity contribution in [1.82, 2.24) is 19.9 Å². The summed E-state index contributed by atoms with van der Waals surface area (Å²) in [5.74, 6) is 0.897. The lowest BCUT2D eigenvalue weighted by Crippen LogP contribution is -2.35. The van der Waals surface area contributed by atoms with Crippen LogP contribution in [0.25, 0.3) is 22.3 Å². The maximum absolute atomic E-state index is 13.9. The molecule has 174 valence electrons. The molecule has 2 aliphatic carbocycles. The van der Waals surface area contributed by atoms with Gasteiger partial charge in [0.1, 0.15) is 0 Å². The van der Waals surface area contributed by atoms with Crippen LogP contribution in [0.2, 0.25) is 0 Å². The molecule has 2 unspecified atom stereocenters. The Morgan fingerprint density at radius 2 is 2.06 bits per heavy atom. The van der Waals surface area contributed by atoms with Crippen molar-refractivity contribution in [2.75, 3.05) is 13.7 Å². The van der Waals surface area contributed by atoms with E-state index in [1.807, 2.05) is 63.4 Å². The number of allylic oxidation sites excluding steroid dienone is 3. The van der Waals surface area contributed by atoms with Gasteiger partial charge in [-0.25, -0.2) is 0 Å². The highest BCUT2D eigenvalue weighted by Gasteiger charge is 2.26. The fourth-order valence-electron chi connectivity index (χ4n) is 4.39. The molecule has 7 nitrogen and oxygen atoms in total. The van der Waals surface area contributed by atoms with Crippen LogP contribution in [0.1, 0.15) is 43.9 Å². The van der Waals surface area contributed by atoms with Gasteiger partial charge in [0.15, 0.2) is 5.65 Å². The average Bonchev–Trinajstić information content (AvgIpc) is 3.70. The first-order chi connectivity index (χ1) is 16.5. The molecule has 0 bridgehead atoms. The molecule has 2 N–H and O–H groups in total. The molecular weight excluding hydrogens is 426 g/mol. The van der Waals surface area contributed by atoms with Crippen LogP contribution in [0, 0.1) is 11.3 Å². The third-order valence-electron chi connectivity index (χ3n) is 6.61. The van der Waals surface area contributed by atoms with Gasteiger partial charge < -0.3 is 15.5 Å². The van der Waals surface area contributed by atoms with Gasteiger partial charge in [-0.3, -0.25) is 14.3 Å². The summed E-state index contributed by atoms with van der Waals surface area (Å²) in [6, 6.07) is 9.68. The number of pyridine rings is 3. The summed E-state index contributed by atoms with van der Waals surface area (Å²) in [5.41, 5.74) is 4.01. The lowest BCUT2D eigenvalue weighted by atomic mass is 9.86. The van der Waals surface area contributed by atoms with E-state index in [1.54, 1.807) is 16.8 Å². The molecule has 3 aromatic heterocycles. The topological polar surface area (TPSA) is 92.9 Å². The smallest absolute Gasteiger partial charge is 0.264 e. The molecule has 5 rings (SSSR count). The van der Waals surface area contributed by atoms with E-state index >= 15 is 0 Å². The second-order valence-corrected chi connectivity index (χ2v) is 8.92. The molecule has 0 aliphatic heterocycles. The molecule has 34 heavy (non-hydrogen) atoms. The monoisotopic (exact) mass is 455 g/mol. The third-order valence-corrected chi connectivity index (χ3v) is 6.61. The average molecular weight is 456 g/mol. The summed E-state index contributed by atoms with van der Waals surface area (Å²) in [6.45, 7) is 4.44. The first kappa shape index (κ1) is 22.2. The van der Waals surface area contributed by atoms with E-state index in [0.717, 1.165) is 16.7 Å². The van der Waals surface area contributed by atoms with E-state index in [0.29, 0.717) is 41.0 Å². The second kappa shape index (κ2) is 8.99. The maximum Gasteiger partial charge on any atom is 0.264 e. The fourth-order valence-corrected chi connectivity index (χ4v) is 4.39. The summed E-state index contributed by atoms with van der Waals surface area (Å²) < 4.78 is 7.25. The molecular formula is C27H29N5O2. The highest BCUT2D eigenvalue weighted by molar-refractivity contribution is 6.02. The number of ether oxygens (including phenoxy) is 1. The van der Waals surface area contributed by atoms with E-state index in [2.05, 4.69) is 15.3 Å². The highest BCUT2D eigenvalue weighted by Crippen LogP contribution is 2.39. The number of nitrogens with zero attached hydrogens (tertiary/aromatic N) is 3. The number of nitrogens with one attached hydrogen (secondary N) is 2. The van der Waals surface area contributed by atoms with Gasteiger partial charge >= 0.3 is 0 Å². The Balaban J connectivity index is 1.70.